The van der Waals surface area contributed by atoms with Crippen molar-refractivity contribution in [1.82, 2.24) is 10.2 Å². The molecule has 0 unspecified atom stereocenters. The monoisotopic (exact) mass is 401 g/mol. The van der Waals surface area contributed by atoms with E-state index in [4.69, 9.17) is 10.00 Å². The van der Waals surface area contributed by atoms with Gasteiger partial charge in [0.1, 0.15) is 11.5 Å². The number of halogens is 5. The molecule has 1 aliphatic rings. The molecule has 10 heteroatoms. The van der Waals surface area contributed by atoms with Crippen LogP contribution in [-0.4, -0.2) is 44.6 Å². The van der Waals surface area contributed by atoms with Gasteiger partial charge in [0.05, 0.1) is 25.6 Å². The fourth-order valence-corrected chi connectivity index (χ4v) is 2.68. The van der Waals surface area contributed by atoms with Gasteiger partial charge in [-0.1, -0.05) is 6.07 Å². The molecule has 1 aromatic carbocycles. The first-order valence-electron chi connectivity index (χ1n) is 7.20. The van der Waals surface area contributed by atoms with E-state index in [1.165, 1.54) is 25.3 Å². The summed E-state index contributed by atoms with van der Waals surface area (Å²) in [6.45, 7) is 3.13. The molecule has 2 rings (SSSR count). The summed E-state index contributed by atoms with van der Waals surface area (Å²) in [7, 11) is 1.39. The molecule has 1 N–H and O–H groups in total. The van der Waals surface area contributed by atoms with E-state index in [2.05, 4.69) is 21.0 Å². The van der Waals surface area contributed by atoms with Crippen LogP contribution in [0, 0.1) is 11.3 Å². The Balaban J connectivity index is 0.00000288. The normalized spacial score (nSPS) is 16.0. The van der Waals surface area contributed by atoms with Crippen molar-refractivity contribution in [3.05, 3.63) is 23.8 Å². The van der Waals surface area contributed by atoms with Crippen LogP contribution in [0.5, 0.6) is 11.5 Å². The summed E-state index contributed by atoms with van der Waals surface area (Å²) < 4.78 is 46.1. The molecular formula is C15H20Cl2F3N3O2. The number of nitrogens with zero attached hydrogens (tertiary/aromatic N) is 2. The van der Waals surface area contributed by atoms with Gasteiger partial charge in [-0.15, -0.1) is 38.0 Å². The average molecular weight is 402 g/mol. The molecule has 5 nitrogen and oxygen atoms in total. The maximum absolute atomic E-state index is 12.3. The Morgan fingerprint density at radius 3 is 2.44 bits per heavy atom. The number of methoxy groups -OCH3 is 1. The highest BCUT2D eigenvalue weighted by molar-refractivity contribution is 5.85. The lowest BCUT2D eigenvalue weighted by Crippen LogP contribution is -2.45. The molecule has 142 valence electrons. The topological polar surface area (TPSA) is 57.5 Å². The number of hydrogen-bond donors (Lipinski definition) is 1. The Bertz CT molecular complexity index is 576. The molecule has 25 heavy (non-hydrogen) atoms. The Kier molecular flexibility index (Phi) is 9.97. The second kappa shape index (κ2) is 10.6. The summed E-state index contributed by atoms with van der Waals surface area (Å²) in [5, 5.41) is 12.3. The van der Waals surface area contributed by atoms with Crippen LogP contribution in [0.1, 0.15) is 18.0 Å². The van der Waals surface area contributed by atoms with Crippen LogP contribution in [0.15, 0.2) is 18.2 Å². The number of nitrogens with one attached hydrogen (secondary N) is 1. The number of benzene rings is 1. The summed E-state index contributed by atoms with van der Waals surface area (Å²) in [6, 6.07) is 5.90. The number of piperazine rings is 1. The molecule has 0 spiro atoms. The number of rotatable bonds is 5. The quantitative estimate of drug-likeness (QED) is 0.819. The molecule has 0 radical (unpaired) electrons. The van der Waals surface area contributed by atoms with E-state index in [0.717, 1.165) is 26.2 Å². The maximum Gasteiger partial charge on any atom is 0.573 e. The second-order valence-corrected chi connectivity index (χ2v) is 5.12. The predicted octanol–water partition coefficient (Wildman–Crippen LogP) is 3.30. The van der Waals surface area contributed by atoms with Crippen LogP contribution in [0.4, 0.5) is 13.2 Å². The number of hydrogen-bond acceptors (Lipinski definition) is 5. The fraction of sp³-hybridized carbons (Fsp3) is 0.533. The molecule has 1 aliphatic heterocycles. The smallest absolute Gasteiger partial charge is 0.496 e. The van der Waals surface area contributed by atoms with Crippen LogP contribution in [0.3, 0.4) is 0 Å². The highest BCUT2D eigenvalue weighted by Gasteiger charge is 2.32. The van der Waals surface area contributed by atoms with Crippen molar-refractivity contribution in [3.63, 3.8) is 0 Å². The van der Waals surface area contributed by atoms with E-state index in [0.29, 0.717) is 5.56 Å². The second-order valence-electron chi connectivity index (χ2n) is 5.12. The minimum atomic E-state index is -4.75. The van der Waals surface area contributed by atoms with E-state index >= 15 is 0 Å². The summed E-state index contributed by atoms with van der Waals surface area (Å²) in [5.74, 6) is -0.0559. The van der Waals surface area contributed by atoms with Gasteiger partial charge in [-0.2, -0.15) is 5.26 Å². The minimum Gasteiger partial charge on any atom is -0.496 e. The van der Waals surface area contributed by atoms with E-state index in [9.17, 15) is 13.2 Å². The Morgan fingerprint density at radius 2 is 1.92 bits per heavy atom. The third-order valence-corrected chi connectivity index (χ3v) is 3.67. The standard InChI is InChI=1S/C15H18F3N3O2.2ClH/c1-22-14-10-11(23-15(16,17)18)2-3-12(14)13(4-5-19)21-8-6-20-7-9-21;;/h2-3,10,13,20H,4,6-9H2,1H3;2*1H/t13-;;/m0../s1. The van der Waals surface area contributed by atoms with Crippen molar-refractivity contribution in [2.45, 2.75) is 18.8 Å². The summed E-state index contributed by atoms with van der Waals surface area (Å²) >= 11 is 0. The van der Waals surface area contributed by atoms with Crippen molar-refractivity contribution in [1.29, 1.82) is 5.26 Å². The van der Waals surface area contributed by atoms with Crippen LogP contribution >= 0.6 is 24.8 Å². The maximum atomic E-state index is 12.3. The van der Waals surface area contributed by atoms with E-state index in [-0.39, 0.29) is 48.8 Å². The van der Waals surface area contributed by atoms with Crippen LogP contribution in [0.2, 0.25) is 0 Å². The van der Waals surface area contributed by atoms with Gasteiger partial charge in [-0.3, -0.25) is 4.90 Å². The SMILES string of the molecule is COc1cc(OC(F)(F)F)ccc1[C@H](CC#N)N1CCNCC1.Cl.Cl. The van der Waals surface area contributed by atoms with Gasteiger partial charge in [-0.25, -0.2) is 0 Å². The van der Waals surface area contributed by atoms with Crippen LogP contribution in [0.25, 0.3) is 0 Å². The van der Waals surface area contributed by atoms with Gasteiger partial charge >= 0.3 is 6.36 Å². The summed E-state index contributed by atoms with van der Waals surface area (Å²) in [5.41, 5.74) is 0.686. The van der Waals surface area contributed by atoms with Crippen LogP contribution < -0.4 is 14.8 Å². The number of nitriles is 1. The zero-order valence-electron chi connectivity index (χ0n) is 13.5. The Morgan fingerprint density at radius 1 is 1.28 bits per heavy atom. The molecule has 1 atom stereocenters. The van der Waals surface area contributed by atoms with Gasteiger partial charge in [0.15, 0.2) is 0 Å². The summed E-state index contributed by atoms with van der Waals surface area (Å²) in [4.78, 5) is 2.13. The van der Waals surface area contributed by atoms with E-state index < -0.39 is 6.36 Å². The fourth-order valence-electron chi connectivity index (χ4n) is 2.68. The zero-order valence-corrected chi connectivity index (χ0v) is 15.1. The molecule has 1 fully saturated rings. The largest absolute Gasteiger partial charge is 0.573 e. The van der Waals surface area contributed by atoms with Gasteiger partial charge in [0.2, 0.25) is 0 Å². The van der Waals surface area contributed by atoms with Gasteiger partial charge < -0.3 is 14.8 Å². The molecule has 0 bridgehead atoms. The molecule has 0 aliphatic carbocycles. The molecule has 0 aromatic heterocycles. The zero-order chi connectivity index (χ0) is 16.9. The number of ether oxygens (including phenoxy) is 2. The summed E-state index contributed by atoms with van der Waals surface area (Å²) in [6.07, 6.45) is -4.52. The number of alkyl halides is 3. The Hall–Kier alpha value is -1.40. The van der Waals surface area contributed by atoms with Crippen molar-refractivity contribution in [2.24, 2.45) is 0 Å². The van der Waals surface area contributed by atoms with Crippen LogP contribution in [-0.2, 0) is 0 Å². The third-order valence-electron chi connectivity index (χ3n) is 3.67. The van der Waals surface area contributed by atoms with Crippen molar-refractivity contribution >= 4 is 24.8 Å². The van der Waals surface area contributed by atoms with Crippen molar-refractivity contribution in [2.75, 3.05) is 33.3 Å². The first kappa shape index (κ1) is 23.6. The molecular weight excluding hydrogens is 382 g/mol. The lowest BCUT2D eigenvalue weighted by Gasteiger charge is -2.34. The Labute approximate surface area is 156 Å². The van der Waals surface area contributed by atoms with E-state index in [1.54, 1.807) is 0 Å². The molecule has 1 heterocycles. The highest BCUT2D eigenvalue weighted by atomic mass is 35.5. The highest BCUT2D eigenvalue weighted by Crippen LogP contribution is 2.36. The first-order chi connectivity index (χ1) is 10.9. The van der Waals surface area contributed by atoms with Crippen molar-refractivity contribution in [3.8, 4) is 17.6 Å². The van der Waals surface area contributed by atoms with Gasteiger partial charge in [0.25, 0.3) is 0 Å². The van der Waals surface area contributed by atoms with Crippen molar-refractivity contribution < 1.29 is 22.6 Å². The molecule has 1 saturated heterocycles. The minimum absolute atomic E-state index is 0. The molecule has 1 aromatic rings. The molecule has 0 amide bonds. The first-order valence-corrected chi connectivity index (χ1v) is 7.20. The lowest BCUT2D eigenvalue weighted by molar-refractivity contribution is -0.274. The van der Waals surface area contributed by atoms with Gasteiger partial charge in [-0.05, 0) is 6.07 Å². The van der Waals surface area contributed by atoms with Gasteiger partial charge in [0, 0.05) is 37.8 Å². The lowest BCUT2D eigenvalue weighted by atomic mass is 10.0. The average Bonchev–Trinajstić information content (AvgIpc) is 2.52. The van der Waals surface area contributed by atoms with E-state index in [1.807, 2.05) is 0 Å². The molecule has 0 saturated carbocycles. The predicted molar refractivity (Wildman–Crippen MR) is 91.6 cm³/mol. The third kappa shape index (κ3) is 6.78.